The molecule has 1 aromatic heterocycles. The Labute approximate surface area is 112 Å². The molecule has 0 radical (unpaired) electrons. The van der Waals surface area contributed by atoms with Crippen molar-refractivity contribution in [2.24, 2.45) is 13.0 Å². The summed E-state index contributed by atoms with van der Waals surface area (Å²) in [6.07, 6.45) is 5.38. The van der Waals surface area contributed by atoms with Gasteiger partial charge in [0, 0.05) is 43.2 Å². The van der Waals surface area contributed by atoms with Crippen molar-refractivity contribution in [3.8, 4) is 0 Å². The quantitative estimate of drug-likeness (QED) is 0.767. The topological polar surface area (TPSA) is 25.2 Å². The number of aryl methyl sites for hydroxylation is 1. The van der Waals surface area contributed by atoms with Gasteiger partial charge >= 0.3 is 0 Å². The van der Waals surface area contributed by atoms with Crippen LogP contribution in [0.5, 0.6) is 0 Å². The molecule has 2 aliphatic rings. The lowest BCUT2D eigenvalue weighted by molar-refractivity contribution is -0.133. The molecule has 0 saturated heterocycles. The van der Waals surface area contributed by atoms with Crippen molar-refractivity contribution in [1.29, 1.82) is 0 Å². The van der Waals surface area contributed by atoms with E-state index in [-0.39, 0.29) is 0 Å². The number of carbonyl (C=O) groups excluding carboxylic acids is 1. The fraction of sp³-hybridized carbons (Fsp3) is 0.438. The van der Waals surface area contributed by atoms with E-state index in [4.69, 9.17) is 0 Å². The van der Waals surface area contributed by atoms with Gasteiger partial charge in [0.25, 0.3) is 0 Å². The Bertz CT molecular complexity index is 667. The minimum atomic E-state index is 0.322. The molecule has 0 spiro atoms. The fourth-order valence-corrected chi connectivity index (χ4v) is 3.26. The molecule has 1 amide bonds. The highest BCUT2D eigenvalue weighted by atomic mass is 16.2. The number of nitrogens with zero attached hydrogens (tertiary/aromatic N) is 2. The summed E-state index contributed by atoms with van der Waals surface area (Å²) >= 11 is 0. The molecular weight excluding hydrogens is 236 g/mol. The molecule has 2 heterocycles. The number of hydrogen-bond donors (Lipinski definition) is 0. The second-order valence-electron chi connectivity index (χ2n) is 5.86. The van der Waals surface area contributed by atoms with E-state index < -0.39 is 0 Å². The second kappa shape index (κ2) is 3.86. The van der Waals surface area contributed by atoms with Crippen LogP contribution in [-0.2, 0) is 24.8 Å². The molecule has 3 heteroatoms. The highest BCUT2D eigenvalue weighted by Gasteiger charge is 2.34. The first-order valence-corrected chi connectivity index (χ1v) is 7.08. The van der Waals surface area contributed by atoms with Gasteiger partial charge in [-0.3, -0.25) is 4.79 Å². The van der Waals surface area contributed by atoms with Crippen molar-refractivity contribution in [2.75, 3.05) is 6.54 Å². The minimum Gasteiger partial charge on any atom is -0.350 e. The Balaban J connectivity index is 1.78. The predicted octanol–water partition coefficient (Wildman–Crippen LogP) is 2.47. The van der Waals surface area contributed by atoms with E-state index in [9.17, 15) is 4.79 Å². The van der Waals surface area contributed by atoms with Gasteiger partial charge in [-0.05, 0) is 36.5 Å². The van der Waals surface area contributed by atoms with Gasteiger partial charge in [0.15, 0.2) is 0 Å². The smallest absolute Gasteiger partial charge is 0.225 e. The zero-order valence-corrected chi connectivity index (χ0v) is 11.2. The Kier molecular flexibility index (Phi) is 2.25. The molecule has 2 aromatic rings. The first-order chi connectivity index (χ1) is 9.24. The maximum atomic E-state index is 12.3. The van der Waals surface area contributed by atoms with Gasteiger partial charge in [-0.15, -0.1) is 0 Å². The van der Waals surface area contributed by atoms with Crippen LogP contribution in [0, 0.1) is 5.92 Å². The third kappa shape index (κ3) is 1.68. The molecule has 1 fully saturated rings. The van der Waals surface area contributed by atoms with Crippen molar-refractivity contribution in [2.45, 2.75) is 25.8 Å². The van der Waals surface area contributed by atoms with Crippen LogP contribution in [-0.4, -0.2) is 21.9 Å². The van der Waals surface area contributed by atoms with Crippen molar-refractivity contribution in [1.82, 2.24) is 9.47 Å². The first kappa shape index (κ1) is 11.1. The van der Waals surface area contributed by atoms with E-state index in [1.54, 1.807) is 0 Å². The highest BCUT2D eigenvalue weighted by Crippen LogP contribution is 2.34. The van der Waals surface area contributed by atoms with Crippen LogP contribution in [0.2, 0.25) is 0 Å². The summed E-state index contributed by atoms with van der Waals surface area (Å²) in [5, 5.41) is 1.37. The average molecular weight is 254 g/mol. The van der Waals surface area contributed by atoms with Crippen LogP contribution in [0.1, 0.15) is 24.0 Å². The lowest BCUT2D eigenvalue weighted by atomic mass is 10.1. The van der Waals surface area contributed by atoms with E-state index >= 15 is 0 Å². The second-order valence-corrected chi connectivity index (χ2v) is 5.86. The van der Waals surface area contributed by atoms with E-state index in [0.29, 0.717) is 11.8 Å². The van der Waals surface area contributed by atoms with Gasteiger partial charge in [-0.1, -0.05) is 12.1 Å². The van der Waals surface area contributed by atoms with Crippen LogP contribution >= 0.6 is 0 Å². The summed E-state index contributed by atoms with van der Waals surface area (Å²) in [7, 11) is 2.10. The zero-order chi connectivity index (χ0) is 13.0. The van der Waals surface area contributed by atoms with Crippen molar-refractivity contribution < 1.29 is 4.79 Å². The Morgan fingerprint density at radius 3 is 2.89 bits per heavy atom. The van der Waals surface area contributed by atoms with Gasteiger partial charge in [0.05, 0.1) is 0 Å². The third-order valence-electron chi connectivity index (χ3n) is 4.43. The first-order valence-electron chi connectivity index (χ1n) is 7.08. The number of hydrogen-bond acceptors (Lipinski definition) is 1. The summed E-state index contributed by atoms with van der Waals surface area (Å²) in [4.78, 5) is 14.4. The summed E-state index contributed by atoms with van der Waals surface area (Å²) in [5.41, 5.74) is 3.98. The largest absolute Gasteiger partial charge is 0.350 e. The fourth-order valence-electron chi connectivity index (χ4n) is 3.26. The van der Waals surface area contributed by atoms with Crippen LogP contribution < -0.4 is 0 Å². The normalized spacial score (nSPS) is 18.7. The monoisotopic (exact) mass is 254 g/mol. The molecule has 98 valence electrons. The molecule has 0 bridgehead atoms. The Morgan fingerprint density at radius 1 is 1.26 bits per heavy atom. The van der Waals surface area contributed by atoms with Gasteiger partial charge in [-0.2, -0.15) is 0 Å². The lowest BCUT2D eigenvalue weighted by Crippen LogP contribution is -2.32. The van der Waals surface area contributed by atoms with E-state index in [0.717, 1.165) is 32.4 Å². The predicted molar refractivity (Wildman–Crippen MR) is 74.8 cm³/mol. The SMILES string of the molecule is Cn1cc2c3c(cccc31)CN(C(=O)C1CC1)CC2. The molecule has 1 aliphatic carbocycles. The summed E-state index contributed by atoms with van der Waals surface area (Å²) < 4.78 is 2.20. The zero-order valence-electron chi connectivity index (χ0n) is 11.2. The minimum absolute atomic E-state index is 0.322. The summed E-state index contributed by atoms with van der Waals surface area (Å²) in [6, 6.07) is 6.44. The molecule has 1 saturated carbocycles. The molecule has 0 atom stereocenters. The Hall–Kier alpha value is -1.77. The molecule has 19 heavy (non-hydrogen) atoms. The number of benzene rings is 1. The van der Waals surface area contributed by atoms with Crippen molar-refractivity contribution >= 4 is 16.8 Å². The van der Waals surface area contributed by atoms with Gasteiger partial charge in [-0.25, -0.2) is 0 Å². The van der Waals surface area contributed by atoms with Gasteiger partial charge in [0.1, 0.15) is 0 Å². The van der Waals surface area contributed by atoms with Crippen LogP contribution in [0.3, 0.4) is 0 Å². The average Bonchev–Trinajstić information content (AvgIpc) is 3.21. The molecule has 1 aliphatic heterocycles. The van der Waals surface area contributed by atoms with Crippen molar-refractivity contribution in [3.63, 3.8) is 0 Å². The van der Waals surface area contributed by atoms with Crippen LogP contribution in [0.25, 0.3) is 10.9 Å². The molecular formula is C16H18N2O. The maximum absolute atomic E-state index is 12.3. The lowest BCUT2D eigenvalue weighted by Gasteiger charge is -2.21. The maximum Gasteiger partial charge on any atom is 0.225 e. The van der Waals surface area contributed by atoms with E-state index in [1.807, 2.05) is 0 Å². The number of carbonyl (C=O) groups is 1. The molecule has 0 unspecified atom stereocenters. The summed E-state index contributed by atoms with van der Waals surface area (Å²) in [5.74, 6) is 0.689. The van der Waals surface area contributed by atoms with Crippen molar-refractivity contribution in [3.05, 3.63) is 35.5 Å². The summed E-state index contributed by atoms with van der Waals surface area (Å²) in [6.45, 7) is 1.65. The molecule has 0 N–H and O–H groups in total. The highest BCUT2D eigenvalue weighted by molar-refractivity contribution is 5.89. The third-order valence-corrected chi connectivity index (χ3v) is 4.43. The Morgan fingerprint density at radius 2 is 2.11 bits per heavy atom. The number of amides is 1. The van der Waals surface area contributed by atoms with E-state index in [1.165, 1.54) is 22.0 Å². The molecule has 1 aromatic carbocycles. The number of aromatic nitrogens is 1. The van der Waals surface area contributed by atoms with Gasteiger partial charge in [0.2, 0.25) is 5.91 Å². The molecule has 3 nitrogen and oxygen atoms in total. The number of rotatable bonds is 1. The van der Waals surface area contributed by atoms with Crippen LogP contribution in [0.4, 0.5) is 0 Å². The van der Waals surface area contributed by atoms with Crippen LogP contribution in [0.15, 0.2) is 24.4 Å². The molecule has 4 rings (SSSR count). The van der Waals surface area contributed by atoms with E-state index in [2.05, 4.69) is 40.9 Å². The van der Waals surface area contributed by atoms with Gasteiger partial charge < -0.3 is 9.47 Å². The standard InChI is InChI=1S/C16H18N2O/c1-17-9-13-7-8-18(16(19)11-5-6-11)10-12-3-2-4-14(17)15(12)13/h2-4,9,11H,5-8,10H2,1H3.